The fraction of sp³-hybridized carbons (Fsp3) is 0.692. The summed E-state index contributed by atoms with van der Waals surface area (Å²) in [5.41, 5.74) is -0.213. The lowest BCUT2D eigenvalue weighted by Gasteiger charge is -2.27. The van der Waals surface area contributed by atoms with E-state index in [9.17, 15) is 4.79 Å². The van der Waals surface area contributed by atoms with Gasteiger partial charge in [0.1, 0.15) is 0 Å². The van der Waals surface area contributed by atoms with Crippen LogP contribution in [0.25, 0.3) is 0 Å². The van der Waals surface area contributed by atoms with Gasteiger partial charge in [-0.2, -0.15) is 0 Å². The minimum absolute atomic E-state index is 0.213. The molecule has 2 unspecified atom stereocenters. The Hall–Kier alpha value is -1.56. The number of likely N-dealkylation sites (N-methyl/N-ethyl adjacent to an activating group) is 1. The summed E-state index contributed by atoms with van der Waals surface area (Å²) in [4.78, 5) is 23.3. The molecule has 0 aromatic carbocycles. The molecule has 2 fully saturated rings. The first kappa shape index (κ1) is 12.5. The highest BCUT2D eigenvalue weighted by Crippen LogP contribution is 2.31. The van der Waals surface area contributed by atoms with Crippen molar-refractivity contribution in [2.45, 2.75) is 31.3 Å². The number of fused-ring (bicyclic) bond motifs is 2. The van der Waals surface area contributed by atoms with Gasteiger partial charge in [0, 0.05) is 25.2 Å². The van der Waals surface area contributed by atoms with E-state index in [4.69, 9.17) is 4.74 Å². The number of aromatic nitrogens is 2. The number of methoxy groups -OCH3 is 1. The molecule has 0 saturated carbocycles. The third-order valence-corrected chi connectivity index (χ3v) is 4.44. The molecule has 0 aliphatic carbocycles. The lowest BCUT2D eigenvalue weighted by Crippen LogP contribution is -2.37. The van der Waals surface area contributed by atoms with Crippen molar-refractivity contribution in [2.75, 3.05) is 32.1 Å². The van der Waals surface area contributed by atoms with Crippen LogP contribution in [0.3, 0.4) is 0 Å². The largest absolute Gasteiger partial charge is 0.489 e. The number of aromatic amines is 1. The Bertz CT molecular complexity index is 516. The van der Waals surface area contributed by atoms with E-state index in [1.54, 1.807) is 0 Å². The van der Waals surface area contributed by atoms with Crippen molar-refractivity contribution in [1.29, 1.82) is 0 Å². The predicted molar refractivity (Wildman–Crippen MR) is 72.8 cm³/mol. The van der Waals surface area contributed by atoms with Crippen LogP contribution in [-0.2, 0) is 0 Å². The van der Waals surface area contributed by atoms with E-state index in [0.29, 0.717) is 23.7 Å². The van der Waals surface area contributed by atoms with Gasteiger partial charge in [0.05, 0.1) is 13.4 Å². The number of nitrogens with zero attached hydrogens (tertiary/aromatic N) is 3. The van der Waals surface area contributed by atoms with Crippen molar-refractivity contribution in [3.63, 3.8) is 0 Å². The summed E-state index contributed by atoms with van der Waals surface area (Å²) in [7, 11) is 3.72. The van der Waals surface area contributed by atoms with Crippen LogP contribution in [0.5, 0.6) is 5.75 Å². The molecule has 2 saturated heterocycles. The van der Waals surface area contributed by atoms with Crippen LogP contribution in [0.2, 0.25) is 0 Å². The van der Waals surface area contributed by atoms with Gasteiger partial charge >= 0.3 is 0 Å². The molecule has 3 heterocycles. The Morgan fingerprint density at radius 1 is 1.37 bits per heavy atom. The van der Waals surface area contributed by atoms with Gasteiger partial charge in [0.25, 0.3) is 5.56 Å². The highest BCUT2D eigenvalue weighted by atomic mass is 16.5. The molecule has 104 valence electrons. The average Bonchev–Trinajstić information content (AvgIpc) is 2.63. The van der Waals surface area contributed by atoms with Crippen LogP contribution in [0, 0.1) is 0 Å². The second kappa shape index (κ2) is 4.85. The van der Waals surface area contributed by atoms with Crippen LogP contribution in [0.1, 0.15) is 19.3 Å². The van der Waals surface area contributed by atoms with Crippen molar-refractivity contribution >= 4 is 5.82 Å². The predicted octanol–water partition coefficient (Wildman–Crippen LogP) is 0.451. The third-order valence-electron chi connectivity index (χ3n) is 4.44. The summed E-state index contributed by atoms with van der Waals surface area (Å²) in [5.74, 6) is 0.995. The summed E-state index contributed by atoms with van der Waals surface area (Å²) in [6.45, 7) is 1.85. The summed E-state index contributed by atoms with van der Waals surface area (Å²) < 4.78 is 5.22. The minimum atomic E-state index is -0.213. The first-order chi connectivity index (χ1) is 9.20. The van der Waals surface area contributed by atoms with Gasteiger partial charge < -0.3 is 14.6 Å². The van der Waals surface area contributed by atoms with Crippen molar-refractivity contribution in [1.82, 2.24) is 14.9 Å². The molecular formula is C13H20N4O2. The molecule has 0 spiro atoms. The summed E-state index contributed by atoms with van der Waals surface area (Å²) in [6.07, 6.45) is 5.08. The molecule has 0 radical (unpaired) electrons. The van der Waals surface area contributed by atoms with E-state index < -0.39 is 0 Å². The number of ether oxygens (including phenoxy) is 1. The lowest BCUT2D eigenvalue weighted by atomic mass is 10.1. The van der Waals surface area contributed by atoms with Crippen molar-refractivity contribution in [2.24, 2.45) is 0 Å². The Kier molecular flexibility index (Phi) is 3.18. The zero-order valence-electron chi connectivity index (χ0n) is 11.4. The Morgan fingerprint density at radius 3 is 2.95 bits per heavy atom. The number of nitrogens with one attached hydrogen (secondary N) is 1. The number of rotatable bonds is 2. The fourth-order valence-corrected chi connectivity index (χ4v) is 3.29. The maximum atomic E-state index is 11.8. The van der Waals surface area contributed by atoms with Crippen LogP contribution in [0.15, 0.2) is 11.1 Å². The fourth-order valence-electron chi connectivity index (χ4n) is 3.29. The number of anilines is 1. The van der Waals surface area contributed by atoms with E-state index >= 15 is 0 Å². The topological polar surface area (TPSA) is 61.5 Å². The van der Waals surface area contributed by atoms with Gasteiger partial charge in [-0.1, -0.05) is 0 Å². The van der Waals surface area contributed by atoms with Gasteiger partial charge in [-0.3, -0.25) is 9.69 Å². The zero-order valence-corrected chi connectivity index (χ0v) is 11.4. The first-order valence-electron chi connectivity index (χ1n) is 6.79. The van der Waals surface area contributed by atoms with Gasteiger partial charge in [0.15, 0.2) is 5.82 Å². The van der Waals surface area contributed by atoms with Gasteiger partial charge in [-0.25, -0.2) is 4.98 Å². The van der Waals surface area contributed by atoms with Crippen LogP contribution in [-0.4, -0.2) is 54.2 Å². The molecule has 6 nitrogen and oxygen atoms in total. The number of H-pyrrole nitrogens is 1. The van der Waals surface area contributed by atoms with E-state index in [0.717, 1.165) is 19.5 Å². The molecule has 2 aliphatic rings. The standard InChI is InChI=1S/C13H20N4O2/c1-16-9-3-4-10(16)7-17(6-5-9)12-11(19-2)13(18)15-8-14-12/h8-10H,3-7H2,1-2H3,(H,14,15,18). The van der Waals surface area contributed by atoms with E-state index in [1.807, 2.05) is 0 Å². The van der Waals surface area contributed by atoms with E-state index in [2.05, 4.69) is 26.8 Å². The number of hydrogen-bond donors (Lipinski definition) is 1. The zero-order chi connectivity index (χ0) is 13.4. The maximum Gasteiger partial charge on any atom is 0.295 e. The molecule has 1 aromatic rings. The summed E-state index contributed by atoms with van der Waals surface area (Å²) >= 11 is 0. The van der Waals surface area contributed by atoms with Crippen molar-refractivity contribution < 1.29 is 4.74 Å². The van der Waals surface area contributed by atoms with Gasteiger partial charge in [0.2, 0.25) is 5.75 Å². The van der Waals surface area contributed by atoms with Gasteiger partial charge in [-0.05, 0) is 26.3 Å². The lowest BCUT2D eigenvalue weighted by molar-refractivity contribution is 0.254. The molecule has 0 amide bonds. The SMILES string of the molecule is COc1c(N2CCC3CCC(C2)N3C)nc[nH]c1=O. The van der Waals surface area contributed by atoms with Crippen molar-refractivity contribution in [3.05, 3.63) is 16.7 Å². The summed E-state index contributed by atoms with van der Waals surface area (Å²) in [6, 6.07) is 1.22. The molecular weight excluding hydrogens is 244 g/mol. The molecule has 6 heteroatoms. The monoisotopic (exact) mass is 264 g/mol. The van der Waals surface area contributed by atoms with Crippen LogP contribution in [0.4, 0.5) is 5.82 Å². The average molecular weight is 264 g/mol. The van der Waals surface area contributed by atoms with Gasteiger partial charge in [-0.15, -0.1) is 0 Å². The second-order valence-corrected chi connectivity index (χ2v) is 5.37. The first-order valence-corrected chi connectivity index (χ1v) is 6.79. The summed E-state index contributed by atoms with van der Waals surface area (Å²) in [5, 5.41) is 0. The third kappa shape index (κ3) is 2.10. The Labute approximate surface area is 112 Å². The van der Waals surface area contributed by atoms with E-state index in [1.165, 1.54) is 26.3 Å². The normalized spacial score (nSPS) is 27.4. The molecule has 2 bridgehead atoms. The Balaban J connectivity index is 1.91. The smallest absolute Gasteiger partial charge is 0.295 e. The molecule has 1 N–H and O–H groups in total. The highest BCUT2D eigenvalue weighted by molar-refractivity contribution is 5.51. The second-order valence-electron chi connectivity index (χ2n) is 5.37. The van der Waals surface area contributed by atoms with E-state index in [-0.39, 0.29) is 5.56 Å². The highest BCUT2D eigenvalue weighted by Gasteiger charge is 2.35. The van der Waals surface area contributed by atoms with Crippen molar-refractivity contribution in [3.8, 4) is 5.75 Å². The number of hydrogen-bond acceptors (Lipinski definition) is 5. The minimum Gasteiger partial charge on any atom is -0.489 e. The van der Waals surface area contributed by atoms with Crippen LogP contribution >= 0.6 is 0 Å². The molecule has 2 aliphatic heterocycles. The molecule has 19 heavy (non-hydrogen) atoms. The maximum absolute atomic E-state index is 11.8. The molecule has 2 atom stereocenters. The van der Waals surface area contributed by atoms with Crippen LogP contribution < -0.4 is 15.2 Å². The Morgan fingerprint density at radius 2 is 2.16 bits per heavy atom. The molecule has 1 aromatic heterocycles. The quantitative estimate of drug-likeness (QED) is 0.840. The molecule has 3 rings (SSSR count).